The highest BCUT2D eigenvalue weighted by molar-refractivity contribution is 5.85. The molecule has 1 fully saturated rings. The van der Waals surface area contributed by atoms with Crippen molar-refractivity contribution in [2.45, 2.75) is 37.8 Å². The largest absolute Gasteiger partial charge is 0.508 e. The van der Waals surface area contributed by atoms with E-state index >= 15 is 0 Å². The Morgan fingerprint density at radius 2 is 1.36 bits per heavy atom. The zero-order valence-corrected chi connectivity index (χ0v) is 16.3. The van der Waals surface area contributed by atoms with Crippen molar-refractivity contribution in [3.8, 4) is 17.2 Å². The number of nitrogens with zero attached hydrogens (tertiary/aromatic N) is 3. The Balaban J connectivity index is 1.74. The van der Waals surface area contributed by atoms with E-state index in [1.165, 1.54) is 12.1 Å². The molecule has 1 aliphatic carbocycles. The number of hydrogen-bond acceptors (Lipinski definition) is 6. The Labute approximate surface area is 165 Å². The molecule has 0 bridgehead atoms. The van der Waals surface area contributed by atoms with Crippen molar-refractivity contribution in [2.75, 3.05) is 19.0 Å². The summed E-state index contributed by atoms with van der Waals surface area (Å²) in [4.78, 5) is 11.3. The van der Waals surface area contributed by atoms with E-state index in [1.807, 2.05) is 31.1 Å². The first kappa shape index (κ1) is 19.7. The minimum atomic E-state index is 0.00511. The normalized spacial score (nSPS) is 20.1. The summed E-state index contributed by atoms with van der Waals surface area (Å²) >= 11 is 0. The van der Waals surface area contributed by atoms with E-state index in [1.54, 1.807) is 24.6 Å². The van der Waals surface area contributed by atoms with E-state index < -0.39 is 0 Å². The molecule has 1 saturated carbocycles. The third-order valence-electron chi connectivity index (χ3n) is 5.05. The van der Waals surface area contributed by atoms with Gasteiger partial charge in [-0.15, -0.1) is 0 Å². The molecule has 0 spiro atoms. The molecule has 0 aliphatic heterocycles. The van der Waals surface area contributed by atoms with Crippen LogP contribution in [0.5, 0.6) is 17.2 Å². The second-order valence-electron chi connectivity index (χ2n) is 7.36. The van der Waals surface area contributed by atoms with Crippen LogP contribution in [0.25, 0.3) is 0 Å². The van der Waals surface area contributed by atoms with Gasteiger partial charge in [0.25, 0.3) is 0 Å². The van der Waals surface area contributed by atoms with Crippen LogP contribution in [0.3, 0.4) is 0 Å². The molecule has 3 N–H and O–H groups in total. The van der Waals surface area contributed by atoms with Crippen LogP contribution in [0.2, 0.25) is 0 Å². The molecule has 0 unspecified atom stereocenters. The highest BCUT2D eigenvalue weighted by atomic mass is 16.3. The van der Waals surface area contributed by atoms with Gasteiger partial charge >= 0.3 is 0 Å². The van der Waals surface area contributed by atoms with Gasteiger partial charge in [-0.1, -0.05) is 12.8 Å². The number of benzene rings is 2. The number of phenols is 3. The molecule has 6 nitrogen and oxygen atoms in total. The SMILES string of the molecule is CN(C)c1ccc(C=N[C@H]2CCCC[C@@H]2N=Cc2ccc(O)cc2O)c(O)c1. The fourth-order valence-electron chi connectivity index (χ4n) is 3.35. The number of anilines is 1. The van der Waals surface area contributed by atoms with Crippen LogP contribution in [-0.4, -0.2) is 53.9 Å². The maximum atomic E-state index is 10.2. The average Bonchev–Trinajstić information content (AvgIpc) is 2.67. The van der Waals surface area contributed by atoms with Crippen molar-refractivity contribution in [3.05, 3.63) is 47.5 Å². The van der Waals surface area contributed by atoms with Crippen LogP contribution in [0.1, 0.15) is 36.8 Å². The Kier molecular flexibility index (Phi) is 6.19. The molecule has 0 aromatic heterocycles. The van der Waals surface area contributed by atoms with E-state index in [4.69, 9.17) is 4.99 Å². The van der Waals surface area contributed by atoms with Crippen LogP contribution in [0.4, 0.5) is 5.69 Å². The van der Waals surface area contributed by atoms with Gasteiger partial charge < -0.3 is 20.2 Å². The van der Waals surface area contributed by atoms with Crippen molar-refractivity contribution < 1.29 is 15.3 Å². The highest BCUT2D eigenvalue weighted by Gasteiger charge is 2.23. The second kappa shape index (κ2) is 8.78. The lowest BCUT2D eigenvalue weighted by atomic mass is 9.91. The fourth-order valence-corrected chi connectivity index (χ4v) is 3.35. The van der Waals surface area contributed by atoms with E-state index in [9.17, 15) is 15.3 Å². The molecular formula is C22H27N3O3. The fraction of sp³-hybridized carbons (Fsp3) is 0.364. The highest BCUT2D eigenvalue weighted by Crippen LogP contribution is 2.27. The summed E-state index contributed by atoms with van der Waals surface area (Å²) in [6, 6.07) is 10.1. The third-order valence-corrected chi connectivity index (χ3v) is 5.05. The van der Waals surface area contributed by atoms with E-state index in [2.05, 4.69) is 4.99 Å². The quantitative estimate of drug-likeness (QED) is 0.689. The Morgan fingerprint density at radius 1 is 0.821 bits per heavy atom. The Bertz CT molecular complexity index is 877. The molecular weight excluding hydrogens is 354 g/mol. The number of aliphatic imine (C=N–C) groups is 2. The van der Waals surface area contributed by atoms with Gasteiger partial charge in [-0.05, 0) is 37.1 Å². The predicted molar refractivity (Wildman–Crippen MR) is 113 cm³/mol. The van der Waals surface area contributed by atoms with Gasteiger partial charge in [0.2, 0.25) is 0 Å². The smallest absolute Gasteiger partial charge is 0.128 e. The topological polar surface area (TPSA) is 88.7 Å². The molecule has 0 heterocycles. The summed E-state index contributed by atoms with van der Waals surface area (Å²) in [5, 5.41) is 29.6. The van der Waals surface area contributed by atoms with Crippen molar-refractivity contribution in [1.29, 1.82) is 0 Å². The lowest BCUT2D eigenvalue weighted by Crippen LogP contribution is -2.27. The summed E-state index contributed by atoms with van der Waals surface area (Å²) in [5.41, 5.74) is 2.20. The van der Waals surface area contributed by atoms with Gasteiger partial charge in [-0.25, -0.2) is 0 Å². The number of hydrogen-bond donors (Lipinski definition) is 3. The summed E-state index contributed by atoms with van der Waals surface area (Å²) in [7, 11) is 3.86. The van der Waals surface area contributed by atoms with Gasteiger partial charge in [0.1, 0.15) is 17.2 Å². The van der Waals surface area contributed by atoms with E-state index in [-0.39, 0.29) is 29.3 Å². The first-order chi connectivity index (χ1) is 13.4. The van der Waals surface area contributed by atoms with Gasteiger partial charge in [-0.2, -0.15) is 0 Å². The number of aromatic hydroxyl groups is 3. The molecule has 2 aromatic carbocycles. The zero-order valence-electron chi connectivity index (χ0n) is 16.3. The molecule has 2 atom stereocenters. The van der Waals surface area contributed by atoms with Gasteiger partial charge in [0.15, 0.2) is 0 Å². The molecule has 3 rings (SSSR count). The molecule has 2 aromatic rings. The minimum Gasteiger partial charge on any atom is -0.508 e. The van der Waals surface area contributed by atoms with E-state index in [0.29, 0.717) is 11.1 Å². The van der Waals surface area contributed by atoms with Crippen molar-refractivity contribution in [2.24, 2.45) is 9.98 Å². The molecule has 6 heteroatoms. The zero-order chi connectivity index (χ0) is 20.1. The Hall–Kier alpha value is -3.02. The van der Waals surface area contributed by atoms with Gasteiger partial charge in [0.05, 0.1) is 12.1 Å². The lowest BCUT2D eigenvalue weighted by Gasteiger charge is -2.25. The van der Waals surface area contributed by atoms with Crippen LogP contribution in [-0.2, 0) is 0 Å². The Morgan fingerprint density at radius 3 is 1.86 bits per heavy atom. The average molecular weight is 381 g/mol. The molecule has 0 radical (unpaired) electrons. The van der Waals surface area contributed by atoms with Gasteiger partial charge in [-0.3, -0.25) is 9.98 Å². The predicted octanol–water partition coefficient (Wildman–Crippen LogP) is 3.72. The molecule has 148 valence electrons. The van der Waals surface area contributed by atoms with Crippen LogP contribution < -0.4 is 4.90 Å². The summed E-state index contributed by atoms with van der Waals surface area (Å²) in [6.45, 7) is 0. The maximum absolute atomic E-state index is 10.2. The van der Waals surface area contributed by atoms with Crippen LogP contribution in [0, 0.1) is 0 Å². The number of phenolic OH excluding ortho intramolecular Hbond substituents is 3. The van der Waals surface area contributed by atoms with Crippen LogP contribution in [0.15, 0.2) is 46.4 Å². The standard InChI is InChI=1S/C22H27N3O3/c1-25(2)17-9-7-15(21(27)11-17)13-23-19-5-3-4-6-20(19)24-14-16-8-10-18(26)12-22(16)28/h7-14,19-20,26-28H,3-6H2,1-2H3/t19-,20-/m0/s1. The summed E-state index contributed by atoms with van der Waals surface area (Å²) in [6.07, 6.45) is 7.45. The monoisotopic (exact) mass is 381 g/mol. The molecule has 28 heavy (non-hydrogen) atoms. The van der Waals surface area contributed by atoms with Crippen LogP contribution >= 0.6 is 0 Å². The van der Waals surface area contributed by atoms with E-state index in [0.717, 1.165) is 31.4 Å². The summed E-state index contributed by atoms with van der Waals surface area (Å²) < 4.78 is 0. The van der Waals surface area contributed by atoms with Crippen molar-refractivity contribution >= 4 is 18.1 Å². The minimum absolute atomic E-state index is 0.00511. The number of rotatable bonds is 5. The first-order valence-electron chi connectivity index (χ1n) is 9.52. The summed E-state index contributed by atoms with van der Waals surface area (Å²) in [5.74, 6) is 0.236. The lowest BCUT2D eigenvalue weighted by molar-refractivity contribution is 0.390. The van der Waals surface area contributed by atoms with Crippen molar-refractivity contribution in [3.63, 3.8) is 0 Å². The van der Waals surface area contributed by atoms with Gasteiger partial charge in [0, 0.05) is 55.5 Å². The third kappa shape index (κ3) is 4.82. The maximum Gasteiger partial charge on any atom is 0.128 e. The molecule has 0 saturated heterocycles. The molecule has 0 amide bonds. The van der Waals surface area contributed by atoms with Crippen molar-refractivity contribution in [1.82, 2.24) is 0 Å². The molecule has 1 aliphatic rings. The second-order valence-corrected chi connectivity index (χ2v) is 7.36. The first-order valence-corrected chi connectivity index (χ1v) is 9.52.